The third-order valence-corrected chi connectivity index (χ3v) is 4.98. The lowest BCUT2D eigenvalue weighted by atomic mass is 10.1. The van der Waals surface area contributed by atoms with Crippen molar-refractivity contribution < 1.29 is 23.8 Å². The highest BCUT2D eigenvalue weighted by molar-refractivity contribution is 7.22. The first kappa shape index (κ1) is 20.4. The van der Waals surface area contributed by atoms with Gasteiger partial charge in [0.15, 0.2) is 16.6 Å². The van der Waals surface area contributed by atoms with E-state index < -0.39 is 0 Å². The molecule has 0 radical (unpaired) electrons. The zero-order valence-electron chi connectivity index (χ0n) is 16.5. The number of nitrogens with zero attached hydrogens (tertiary/aromatic N) is 1. The number of amides is 2. The Morgan fingerprint density at radius 1 is 0.966 bits per heavy atom. The maximum Gasteiger partial charge on any atom is 0.228 e. The monoisotopic (exact) mass is 415 g/mol. The van der Waals surface area contributed by atoms with E-state index in [1.165, 1.54) is 25.4 Å². The van der Waals surface area contributed by atoms with Gasteiger partial charge >= 0.3 is 0 Å². The fourth-order valence-electron chi connectivity index (χ4n) is 2.81. The molecule has 0 saturated heterocycles. The van der Waals surface area contributed by atoms with Crippen LogP contribution in [0.5, 0.6) is 17.2 Å². The molecule has 0 bridgehead atoms. The number of benzene rings is 2. The Hall–Kier alpha value is -3.33. The van der Waals surface area contributed by atoms with E-state index in [2.05, 4.69) is 15.6 Å². The summed E-state index contributed by atoms with van der Waals surface area (Å²) in [4.78, 5) is 28.2. The number of hydrogen-bond acceptors (Lipinski definition) is 7. The van der Waals surface area contributed by atoms with Gasteiger partial charge in [0.2, 0.25) is 11.8 Å². The van der Waals surface area contributed by atoms with Crippen LogP contribution in [-0.2, 0) is 16.0 Å². The summed E-state index contributed by atoms with van der Waals surface area (Å²) in [5.41, 5.74) is 2.00. The average molecular weight is 415 g/mol. The second-order valence-electron chi connectivity index (χ2n) is 6.14. The van der Waals surface area contributed by atoms with Crippen molar-refractivity contribution in [2.45, 2.75) is 13.3 Å². The SMILES string of the molecule is COc1ccc(CC(=O)Nc2cc(OC)c3nc(NC(C)=O)sc3c2)cc1OC. The van der Waals surface area contributed by atoms with Crippen LogP contribution in [0.1, 0.15) is 12.5 Å². The van der Waals surface area contributed by atoms with Crippen molar-refractivity contribution in [1.82, 2.24) is 4.98 Å². The highest BCUT2D eigenvalue weighted by Gasteiger charge is 2.14. The molecular weight excluding hydrogens is 394 g/mol. The van der Waals surface area contributed by atoms with Crippen molar-refractivity contribution >= 4 is 44.2 Å². The molecule has 2 amide bonds. The Labute approximate surface area is 171 Å². The second-order valence-corrected chi connectivity index (χ2v) is 7.17. The van der Waals surface area contributed by atoms with Crippen LogP contribution in [0.3, 0.4) is 0 Å². The molecule has 2 aromatic carbocycles. The molecule has 1 heterocycles. The van der Waals surface area contributed by atoms with Gasteiger partial charge in [0.25, 0.3) is 0 Å². The van der Waals surface area contributed by atoms with Gasteiger partial charge in [0.1, 0.15) is 11.3 Å². The van der Waals surface area contributed by atoms with Crippen LogP contribution in [0.25, 0.3) is 10.2 Å². The van der Waals surface area contributed by atoms with Crippen molar-refractivity contribution in [1.29, 1.82) is 0 Å². The van der Waals surface area contributed by atoms with Crippen molar-refractivity contribution in [2.24, 2.45) is 0 Å². The average Bonchev–Trinajstić information content (AvgIpc) is 3.08. The number of carbonyl (C=O) groups is 2. The Balaban J connectivity index is 1.80. The van der Waals surface area contributed by atoms with Crippen LogP contribution in [0.2, 0.25) is 0 Å². The fraction of sp³-hybridized carbons (Fsp3) is 0.250. The number of anilines is 2. The lowest BCUT2D eigenvalue weighted by Gasteiger charge is -2.10. The van der Waals surface area contributed by atoms with Crippen LogP contribution in [0.15, 0.2) is 30.3 Å². The molecule has 0 unspecified atom stereocenters. The molecule has 9 heteroatoms. The first-order valence-corrected chi connectivity index (χ1v) is 9.52. The molecule has 29 heavy (non-hydrogen) atoms. The summed E-state index contributed by atoms with van der Waals surface area (Å²) < 4.78 is 16.7. The van der Waals surface area contributed by atoms with Gasteiger partial charge in [-0.2, -0.15) is 0 Å². The van der Waals surface area contributed by atoms with Gasteiger partial charge < -0.3 is 24.8 Å². The molecule has 0 atom stereocenters. The molecule has 0 aliphatic rings. The molecular formula is C20H21N3O5S. The van der Waals surface area contributed by atoms with E-state index in [1.54, 1.807) is 38.5 Å². The van der Waals surface area contributed by atoms with Crippen LogP contribution >= 0.6 is 11.3 Å². The summed E-state index contributed by atoms with van der Waals surface area (Å²) in [7, 11) is 4.64. The smallest absolute Gasteiger partial charge is 0.228 e. The summed E-state index contributed by atoms with van der Waals surface area (Å²) >= 11 is 1.30. The van der Waals surface area contributed by atoms with Gasteiger partial charge in [-0.15, -0.1) is 0 Å². The molecule has 3 aromatic rings. The van der Waals surface area contributed by atoms with Crippen LogP contribution in [0, 0.1) is 0 Å². The second kappa shape index (κ2) is 8.78. The number of rotatable bonds is 7. The third-order valence-electron chi connectivity index (χ3n) is 4.06. The summed E-state index contributed by atoms with van der Waals surface area (Å²) in [6.07, 6.45) is 0.167. The normalized spacial score (nSPS) is 10.5. The van der Waals surface area contributed by atoms with E-state index in [0.717, 1.165) is 10.3 Å². The molecule has 152 valence electrons. The summed E-state index contributed by atoms with van der Waals surface area (Å²) in [5.74, 6) is 1.29. The van der Waals surface area contributed by atoms with E-state index in [9.17, 15) is 9.59 Å². The minimum Gasteiger partial charge on any atom is -0.494 e. The van der Waals surface area contributed by atoms with Crippen molar-refractivity contribution in [3.8, 4) is 17.2 Å². The maximum atomic E-state index is 12.5. The minimum absolute atomic E-state index is 0.167. The van der Waals surface area contributed by atoms with Crippen LogP contribution in [0.4, 0.5) is 10.8 Å². The number of ether oxygens (including phenoxy) is 3. The molecule has 0 saturated carbocycles. The number of carbonyl (C=O) groups excluding carboxylic acids is 2. The Morgan fingerprint density at radius 2 is 1.69 bits per heavy atom. The summed E-state index contributed by atoms with van der Waals surface area (Å²) in [6, 6.07) is 8.84. The highest BCUT2D eigenvalue weighted by atomic mass is 32.1. The van der Waals surface area contributed by atoms with Gasteiger partial charge in [-0.05, 0) is 23.8 Å². The molecule has 0 spiro atoms. The molecule has 1 aromatic heterocycles. The van der Waals surface area contributed by atoms with Gasteiger partial charge in [0.05, 0.1) is 32.5 Å². The van der Waals surface area contributed by atoms with Gasteiger partial charge in [-0.1, -0.05) is 17.4 Å². The highest BCUT2D eigenvalue weighted by Crippen LogP contribution is 2.35. The van der Waals surface area contributed by atoms with Crippen LogP contribution < -0.4 is 24.8 Å². The molecule has 0 aliphatic carbocycles. The molecule has 3 rings (SSSR count). The Morgan fingerprint density at radius 3 is 2.34 bits per heavy atom. The molecule has 2 N–H and O–H groups in total. The topological polar surface area (TPSA) is 98.8 Å². The molecule has 0 fully saturated rings. The standard InChI is InChI=1S/C20H21N3O5S/c1-11(24)21-20-23-19-16(28-4)9-13(10-17(19)29-20)22-18(25)8-12-5-6-14(26-2)15(7-12)27-3/h5-7,9-10H,8H2,1-4H3,(H,22,25)(H,21,23,24). The first-order valence-electron chi connectivity index (χ1n) is 8.70. The Kier molecular flexibility index (Phi) is 6.18. The Bertz CT molecular complexity index is 1060. The predicted octanol–water partition coefficient (Wildman–Crippen LogP) is 3.46. The number of fused-ring (bicyclic) bond motifs is 1. The van der Waals surface area contributed by atoms with Crippen molar-refractivity contribution in [3.05, 3.63) is 35.9 Å². The first-order chi connectivity index (χ1) is 13.9. The largest absolute Gasteiger partial charge is 0.494 e. The number of hydrogen-bond donors (Lipinski definition) is 2. The van der Waals surface area contributed by atoms with Gasteiger partial charge in [-0.25, -0.2) is 4.98 Å². The van der Waals surface area contributed by atoms with Crippen LogP contribution in [-0.4, -0.2) is 38.1 Å². The molecule has 0 aliphatic heterocycles. The van der Waals surface area contributed by atoms with Gasteiger partial charge in [-0.3, -0.25) is 9.59 Å². The molecule has 8 nitrogen and oxygen atoms in total. The minimum atomic E-state index is -0.202. The van der Waals surface area contributed by atoms with E-state index in [-0.39, 0.29) is 18.2 Å². The summed E-state index contributed by atoms with van der Waals surface area (Å²) in [6.45, 7) is 1.42. The number of methoxy groups -OCH3 is 3. The number of aromatic nitrogens is 1. The van der Waals surface area contributed by atoms with Crippen molar-refractivity contribution in [3.63, 3.8) is 0 Å². The van der Waals surface area contributed by atoms with E-state index >= 15 is 0 Å². The summed E-state index contributed by atoms with van der Waals surface area (Å²) in [5, 5.41) is 6.01. The quantitative estimate of drug-likeness (QED) is 0.613. The van der Waals surface area contributed by atoms with E-state index in [1.807, 2.05) is 6.07 Å². The predicted molar refractivity (Wildman–Crippen MR) is 112 cm³/mol. The fourth-order valence-corrected chi connectivity index (χ4v) is 3.78. The lowest BCUT2D eigenvalue weighted by molar-refractivity contribution is -0.116. The van der Waals surface area contributed by atoms with Crippen molar-refractivity contribution in [2.75, 3.05) is 32.0 Å². The zero-order valence-corrected chi connectivity index (χ0v) is 17.3. The number of thiazole rings is 1. The number of nitrogens with one attached hydrogen (secondary N) is 2. The maximum absolute atomic E-state index is 12.5. The lowest BCUT2D eigenvalue weighted by Crippen LogP contribution is -2.14. The zero-order chi connectivity index (χ0) is 21.0. The third kappa shape index (κ3) is 4.75. The van der Waals surface area contributed by atoms with E-state index in [0.29, 0.717) is 33.6 Å². The van der Waals surface area contributed by atoms with E-state index in [4.69, 9.17) is 14.2 Å². The van der Waals surface area contributed by atoms with Gasteiger partial charge in [0, 0.05) is 18.7 Å².